The molecule has 1 aromatic carbocycles. The molecule has 1 saturated heterocycles. The van der Waals surface area contributed by atoms with E-state index in [-0.39, 0.29) is 104 Å². The Morgan fingerprint density at radius 3 is 1.97 bits per heavy atom. The number of nitrogens with zero attached hydrogens (tertiary/aromatic N) is 1. The van der Waals surface area contributed by atoms with Crippen LogP contribution in [0.25, 0.3) is 0 Å². The monoisotopic (exact) mass is 871 g/mol. The maximum atomic E-state index is 13.9. The normalized spacial score (nSPS) is 18.5. The number of carbonyl (C=O) groups excluding carboxylic acids is 6. The molecule has 0 aromatic heterocycles. The molecular formula is C47H71Cl2N5O6. The second-order valence-electron chi connectivity index (χ2n) is 18.3. The molecule has 3 amide bonds. The number of benzene rings is 1. The summed E-state index contributed by atoms with van der Waals surface area (Å²) in [5, 5.41) is 11.8. The van der Waals surface area contributed by atoms with E-state index in [4.69, 9.17) is 0 Å². The third kappa shape index (κ3) is 15.9. The zero-order valence-electron chi connectivity index (χ0n) is 37.5. The quantitative estimate of drug-likeness (QED) is 0.108. The van der Waals surface area contributed by atoms with Crippen LogP contribution >= 0.6 is 24.8 Å². The van der Waals surface area contributed by atoms with Crippen molar-refractivity contribution >= 4 is 59.9 Å². The number of amides is 3. The summed E-state index contributed by atoms with van der Waals surface area (Å²) in [7, 11) is 3.43. The minimum absolute atomic E-state index is 0. The number of likely N-dealkylation sites (N-methyl/N-ethyl adjacent to an activating group) is 2. The highest BCUT2D eigenvalue weighted by Gasteiger charge is 2.42. The summed E-state index contributed by atoms with van der Waals surface area (Å²) in [5.41, 5.74) is 1.46. The summed E-state index contributed by atoms with van der Waals surface area (Å²) >= 11 is 0. The molecule has 0 spiro atoms. The Labute approximate surface area is 372 Å². The van der Waals surface area contributed by atoms with Crippen LogP contribution in [0.5, 0.6) is 0 Å². The van der Waals surface area contributed by atoms with Crippen molar-refractivity contribution in [2.75, 3.05) is 27.2 Å². The Balaban J connectivity index is 0.00000900. The van der Waals surface area contributed by atoms with E-state index in [9.17, 15) is 28.8 Å². The number of nitrogens with one attached hydrogen (secondary N) is 4. The first-order chi connectivity index (χ1) is 27.3. The predicted molar refractivity (Wildman–Crippen MR) is 243 cm³/mol. The fourth-order valence-electron chi connectivity index (χ4n) is 7.78. The average molecular weight is 873 g/mol. The topological polar surface area (TPSA) is 154 Å². The van der Waals surface area contributed by atoms with Gasteiger partial charge in [0, 0.05) is 57.0 Å². The number of aryl methyl sites for hydroxylation is 1. The molecule has 13 heteroatoms. The minimum atomic E-state index is -0.864. The number of fused-ring (bicyclic) bond motifs is 1. The van der Waals surface area contributed by atoms with Gasteiger partial charge >= 0.3 is 0 Å². The summed E-state index contributed by atoms with van der Waals surface area (Å²) in [5.74, 6) is 9.49. The van der Waals surface area contributed by atoms with Crippen molar-refractivity contribution in [3.63, 3.8) is 0 Å². The molecule has 1 heterocycles. The molecule has 1 aromatic rings. The summed E-state index contributed by atoms with van der Waals surface area (Å²) < 4.78 is 0. The Morgan fingerprint density at radius 2 is 1.37 bits per heavy atom. The summed E-state index contributed by atoms with van der Waals surface area (Å²) in [4.78, 5) is 82.1. The van der Waals surface area contributed by atoms with Crippen LogP contribution in [-0.2, 0) is 35.2 Å². The van der Waals surface area contributed by atoms with Gasteiger partial charge in [-0.2, -0.15) is 0 Å². The molecule has 0 unspecified atom stereocenters. The van der Waals surface area contributed by atoms with Crippen molar-refractivity contribution in [2.45, 2.75) is 150 Å². The van der Waals surface area contributed by atoms with Gasteiger partial charge in [-0.15, -0.1) is 24.8 Å². The maximum absolute atomic E-state index is 13.9. The molecule has 0 saturated carbocycles. The van der Waals surface area contributed by atoms with E-state index in [0.29, 0.717) is 25.8 Å². The van der Waals surface area contributed by atoms with E-state index in [2.05, 4.69) is 57.1 Å². The van der Waals surface area contributed by atoms with Crippen molar-refractivity contribution in [1.29, 1.82) is 0 Å². The summed E-state index contributed by atoms with van der Waals surface area (Å²) in [6, 6.07) is 5.99. The van der Waals surface area contributed by atoms with Gasteiger partial charge in [0.25, 0.3) is 0 Å². The molecule has 334 valence electrons. The minimum Gasteiger partial charge on any atom is -0.353 e. The first-order valence-electron chi connectivity index (χ1n) is 21.1. The van der Waals surface area contributed by atoms with E-state index in [1.807, 2.05) is 53.7 Å². The van der Waals surface area contributed by atoms with Crippen molar-refractivity contribution in [3.8, 4) is 23.7 Å². The fourth-order valence-corrected chi connectivity index (χ4v) is 7.78. The highest BCUT2D eigenvalue weighted by Crippen LogP contribution is 2.36. The lowest BCUT2D eigenvalue weighted by molar-refractivity contribution is -0.146. The van der Waals surface area contributed by atoms with Crippen molar-refractivity contribution in [2.24, 2.45) is 22.7 Å². The van der Waals surface area contributed by atoms with Crippen LogP contribution in [0.4, 0.5) is 0 Å². The third-order valence-electron chi connectivity index (χ3n) is 11.9. The SMILES string of the molecule is CN[C@@H](C)C(=O)C[C@H](C(=O)N[C@@H](CC#CC#CCCNC(=O)[C@@H]1CCCN1C(=O)[C@@H](CC(=O)[C@H](C)NC)C(C)(C)C)C(=O)C[C@@H]1CCCc2ccccc21)C(C)(C)C.Cl.Cl. The van der Waals surface area contributed by atoms with Gasteiger partial charge in [0.1, 0.15) is 17.6 Å². The number of halogens is 2. The Kier molecular flexibility index (Phi) is 22.8. The first kappa shape index (κ1) is 54.3. The number of rotatable bonds is 18. The summed E-state index contributed by atoms with van der Waals surface area (Å²) in [6.45, 7) is 15.9. The molecule has 1 fully saturated rings. The molecule has 7 atom stereocenters. The number of Topliss-reactive ketones (excluding diaryl/α,β-unsaturated/α-hetero) is 3. The van der Waals surface area contributed by atoms with Crippen LogP contribution < -0.4 is 21.3 Å². The Morgan fingerprint density at radius 1 is 0.783 bits per heavy atom. The van der Waals surface area contributed by atoms with E-state index >= 15 is 0 Å². The lowest BCUT2D eigenvalue weighted by atomic mass is 9.76. The fraction of sp³-hybridized carbons (Fsp3) is 0.660. The summed E-state index contributed by atoms with van der Waals surface area (Å²) in [6.07, 6.45) is 4.96. The van der Waals surface area contributed by atoms with Gasteiger partial charge in [0.15, 0.2) is 5.78 Å². The predicted octanol–water partition coefficient (Wildman–Crippen LogP) is 5.75. The number of hydrogen-bond donors (Lipinski definition) is 4. The zero-order valence-corrected chi connectivity index (χ0v) is 39.2. The number of ketones is 3. The Hall–Kier alpha value is -3.74. The molecule has 0 bridgehead atoms. The molecule has 11 nitrogen and oxygen atoms in total. The van der Waals surface area contributed by atoms with Crippen LogP contribution in [-0.4, -0.2) is 91.3 Å². The van der Waals surface area contributed by atoms with Gasteiger partial charge in [-0.05, 0) is 99.8 Å². The van der Waals surface area contributed by atoms with E-state index in [1.165, 1.54) is 11.1 Å². The smallest absolute Gasteiger partial charge is 0.242 e. The van der Waals surface area contributed by atoms with Gasteiger partial charge < -0.3 is 26.2 Å². The van der Waals surface area contributed by atoms with Crippen molar-refractivity contribution < 1.29 is 28.8 Å². The second kappa shape index (κ2) is 25.3. The van der Waals surface area contributed by atoms with Crippen LogP contribution in [0.2, 0.25) is 0 Å². The largest absolute Gasteiger partial charge is 0.353 e. The maximum Gasteiger partial charge on any atom is 0.242 e. The molecule has 1 aliphatic heterocycles. The number of likely N-dealkylation sites (tertiary alicyclic amines) is 1. The van der Waals surface area contributed by atoms with E-state index in [0.717, 1.165) is 19.3 Å². The molecule has 0 radical (unpaired) electrons. The number of hydrogen-bond acceptors (Lipinski definition) is 8. The molecule has 60 heavy (non-hydrogen) atoms. The van der Waals surface area contributed by atoms with Gasteiger partial charge in [-0.1, -0.05) is 77.6 Å². The van der Waals surface area contributed by atoms with Crippen molar-refractivity contribution in [3.05, 3.63) is 35.4 Å². The van der Waals surface area contributed by atoms with Gasteiger partial charge in [0.05, 0.1) is 18.1 Å². The lowest BCUT2D eigenvalue weighted by Crippen LogP contribution is -2.50. The molecule has 3 rings (SSSR count). The van der Waals surface area contributed by atoms with Crippen LogP contribution in [0, 0.1) is 46.3 Å². The van der Waals surface area contributed by atoms with E-state index < -0.39 is 40.8 Å². The standard InChI is InChI=1S/C47H69N5O6.2ClH/c1-31(48-9)40(53)29-36(46(3,4)5)43(56)51-38(42(55)28-34-22-18-21-33-20-15-16-23-35(33)34)24-14-12-11-13-17-26-50-44(57)39-25-19-27-52(39)45(58)37(47(6,7)8)30-41(54)32(2)49-10;;/h15-16,20,23,31-32,34,36-39,48-49H,17-19,21-22,24-30H2,1-10H3,(H,50,57)(H,51,56);2*1H/t31-,32-,34-,36+,37+,38-,39-;;/m0../s1. The first-order valence-corrected chi connectivity index (χ1v) is 21.1. The van der Waals surface area contributed by atoms with Gasteiger partial charge in [0.2, 0.25) is 17.7 Å². The lowest BCUT2D eigenvalue weighted by Gasteiger charge is -2.35. The zero-order chi connectivity index (χ0) is 43.2. The highest BCUT2D eigenvalue weighted by atomic mass is 35.5. The van der Waals surface area contributed by atoms with Gasteiger partial charge in [-0.3, -0.25) is 28.8 Å². The van der Waals surface area contributed by atoms with Crippen LogP contribution in [0.15, 0.2) is 24.3 Å². The third-order valence-corrected chi connectivity index (χ3v) is 11.9. The number of carbonyl (C=O) groups is 6. The highest BCUT2D eigenvalue weighted by molar-refractivity contribution is 5.94. The van der Waals surface area contributed by atoms with Crippen LogP contribution in [0.3, 0.4) is 0 Å². The Bertz CT molecular complexity index is 1760. The second-order valence-corrected chi connectivity index (χ2v) is 18.3. The van der Waals surface area contributed by atoms with Crippen LogP contribution in [0.1, 0.15) is 130 Å². The molecule has 2 aliphatic rings. The van der Waals surface area contributed by atoms with Crippen molar-refractivity contribution in [1.82, 2.24) is 26.2 Å². The van der Waals surface area contributed by atoms with E-state index in [1.54, 1.807) is 32.8 Å². The molecule has 4 N–H and O–H groups in total. The molecule has 1 aliphatic carbocycles. The average Bonchev–Trinajstić information content (AvgIpc) is 3.68. The molecular weight excluding hydrogens is 801 g/mol. The van der Waals surface area contributed by atoms with Gasteiger partial charge in [-0.25, -0.2) is 0 Å².